The first-order chi connectivity index (χ1) is 13.7. The fourth-order valence-electron chi connectivity index (χ4n) is 2.00. The molecule has 2 aromatic rings. The van der Waals surface area contributed by atoms with Crippen LogP contribution < -0.4 is 10.6 Å². The second kappa shape index (κ2) is 10.8. The van der Waals surface area contributed by atoms with E-state index in [9.17, 15) is 18.8 Å². The lowest BCUT2D eigenvalue weighted by molar-refractivity contribution is -0.152. The summed E-state index contributed by atoms with van der Waals surface area (Å²) >= 11 is 6.78. The molecule has 7 nitrogen and oxygen atoms in total. The number of halogens is 2. The number of esters is 1. The monoisotopic (exact) mass is 439 g/mol. The quantitative estimate of drug-likeness (QED) is 0.611. The molecule has 0 aliphatic rings. The average Bonchev–Trinajstić information content (AvgIpc) is 2.69. The van der Waals surface area contributed by atoms with E-state index in [1.54, 1.807) is 13.0 Å². The van der Waals surface area contributed by atoms with Gasteiger partial charge in [0.05, 0.1) is 10.8 Å². The largest absolute Gasteiger partial charge is 0.452 e. The van der Waals surface area contributed by atoms with E-state index in [0.29, 0.717) is 10.7 Å². The molecule has 2 amide bonds. The zero-order valence-corrected chi connectivity index (χ0v) is 17.2. The van der Waals surface area contributed by atoms with Gasteiger partial charge in [0.25, 0.3) is 5.91 Å². The minimum Gasteiger partial charge on any atom is -0.452 e. The number of anilines is 2. The summed E-state index contributed by atoms with van der Waals surface area (Å²) in [7, 11) is 0. The lowest BCUT2D eigenvalue weighted by atomic mass is 10.3. The van der Waals surface area contributed by atoms with Crippen molar-refractivity contribution in [3.05, 3.63) is 53.4 Å². The molecule has 0 saturated heterocycles. The first-order valence-corrected chi connectivity index (χ1v) is 9.97. The van der Waals surface area contributed by atoms with Gasteiger partial charge in [-0.3, -0.25) is 14.4 Å². The second-order valence-corrected chi connectivity index (χ2v) is 7.70. The van der Waals surface area contributed by atoms with Crippen LogP contribution in [0.5, 0.6) is 0 Å². The smallest absolute Gasteiger partial charge is 0.319 e. The molecule has 0 aliphatic heterocycles. The lowest BCUT2D eigenvalue weighted by Gasteiger charge is -2.16. The normalized spacial score (nSPS) is 12.6. The van der Waals surface area contributed by atoms with Gasteiger partial charge in [0, 0.05) is 11.9 Å². The third-order valence-corrected chi connectivity index (χ3v) is 4.91. The number of carbonyl (C=O) groups excluding carboxylic acids is 3. The van der Waals surface area contributed by atoms with Gasteiger partial charge < -0.3 is 15.4 Å². The molecule has 0 fully saturated rings. The number of pyridine rings is 1. The molecule has 0 bridgehead atoms. The van der Waals surface area contributed by atoms with E-state index >= 15 is 0 Å². The minimum atomic E-state index is -1.05. The van der Waals surface area contributed by atoms with Gasteiger partial charge in [-0.2, -0.15) is 0 Å². The number of hydrogen-bond acceptors (Lipinski definition) is 6. The van der Waals surface area contributed by atoms with Crippen LogP contribution in [-0.2, 0) is 19.1 Å². The highest BCUT2D eigenvalue weighted by Crippen LogP contribution is 2.15. The van der Waals surface area contributed by atoms with Crippen molar-refractivity contribution in [2.24, 2.45) is 0 Å². The van der Waals surface area contributed by atoms with E-state index in [1.807, 2.05) is 0 Å². The van der Waals surface area contributed by atoms with E-state index in [-0.39, 0.29) is 17.5 Å². The summed E-state index contributed by atoms with van der Waals surface area (Å²) in [6, 6.07) is 8.42. The first kappa shape index (κ1) is 22.6. The summed E-state index contributed by atoms with van der Waals surface area (Å²) in [5.41, 5.74) is 0.452. The summed E-state index contributed by atoms with van der Waals surface area (Å²) in [5.74, 6) is -1.65. The fourth-order valence-corrected chi connectivity index (χ4v) is 2.78. The zero-order chi connectivity index (χ0) is 21.4. The van der Waals surface area contributed by atoms with Gasteiger partial charge in [0.2, 0.25) is 5.91 Å². The maximum Gasteiger partial charge on any atom is 0.319 e. The zero-order valence-electron chi connectivity index (χ0n) is 15.6. The summed E-state index contributed by atoms with van der Waals surface area (Å²) in [6.45, 7) is 3.01. The summed E-state index contributed by atoms with van der Waals surface area (Å²) in [6.07, 6.45) is 0.333. The SMILES string of the molecule is CC(OC(=O)C(C)SCC(=O)Nc1ccc(F)cc1)C(=O)Nc1ccc(Cl)cn1. The highest BCUT2D eigenvalue weighted by atomic mass is 35.5. The highest BCUT2D eigenvalue weighted by molar-refractivity contribution is 8.01. The van der Waals surface area contributed by atoms with E-state index in [2.05, 4.69) is 15.6 Å². The molecule has 29 heavy (non-hydrogen) atoms. The number of rotatable bonds is 8. The topological polar surface area (TPSA) is 97.4 Å². The third kappa shape index (κ3) is 7.71. The number of nitrogens with zero attached hydrogens (tertiary/aromatic N) is 1. The summed E-state index contributed by atoms with van der Waals surface area (Å²) in [4.78, 5) is 40.1. The number of carbonyl (C=O) groups is 3. The molecule has 2 rings (SSSR count). The summed E-state index contributed by atoms with van der Waals surface area (Å²) in [5, 5.41) is 4.86. The lowest BCUT2D eigenvalue weighted by Crippen LogP contribution is -2.33. The van der Waals surface area contributed by atoms with Crippen molar-refractivity contribution < 1.29 is 23.5 Å². The molecule has 1 aromatic heterocycles. The number of benzene rings is 1. The Hall–Kier alpha value is -2.65. The van der Waals surface area contributed by atoms with Gasteiger partial charge in [-0.25, -0.2) is 9.37 Å². The van der Waals surface area contributed by atoms with Crippen LogP contribution >= 0.6 is 23.4 Å². The Bertz CT molecular complexity index is 865. The van der Waals surface area contributed by atoms with E-state index < -0.39 is 29.0 Å². The number of aromatic nitrogens is 1. The second-order valence-electron chi connectivity index (χ2n) is 5.94. The van der Waals surface area contributed by atoms with Crippen LogP contribution in [-0.4, -0.2) is 39.9 Å². The van der Waals surface area contributed by atoms with Crippen LogP contribution in [0.15, 0.2) is 42.6 Å². The Balaban J connectivity index is 1.75. The van der Waals surface area contributed by atoms with Crippen molar-refractivity contribution in [2.45, 2.75) is 25.2 Å². The van der Waals surface area contributed by atoms with Crippen LogP contribution in [0.2, 0.25) is 5.02 Å². The molecule has 0 aliphatic carbocycles. The number of nitrogens with one attached hydrogen (secondary N) is 2. The van der Waals surface area contributed by atoms with Crippen LogP contribution in [0.3, 0.4) is 0 Å². The highest BCUT2D eigenvalue weighted by Gasteiger charge is 2.23. The van der Waals surface area contributed by atoms with E-state index in [0.717, 1.165) is 11.8 Å². The van der Waals surface area contributed by atoms with Crippen molar-refractivity contribution >= 4 is 52.7 Å². The number of hydrogen-bond donors (Lipinski definition) is 2. The molecule has 1 aromatic carbocycles. The van der Waals surface area contributed by atoms with Crippen molar-refractivity contribution in [3.8, 4) is 0 Å². The van der Waals surface area contributed by atoms with Gasteiger partial charge in [-0.1, -0.05) is 11.6 Å². The molecule has 154 valence electrons. The van der Waals surface area contributed by atoms with E-state index in [1.165, 1.54) is 43.5 Å². The third-order valence-electron chi connectivity index (χ3n) is 3.57. The molecule has 2 N–H and O–H groups in total. The predicted octanol–water partition coefficient (Wildman–Crippen LogP) is 3.50. The Labute approximate surface area is 176 Å². The summed E-state index contributed by atoms with van der Waals surface area (Å²) < 4.78 is 18.0. The van der Waals surface area contributed by atoms with Crippen LogP contribution in [0.4, 0.5) is 15.9 Å². The molecular formula is C19H19ClFN3O4S. The Morgan fingerprint density at radius 2 is 1.83 bits per heavy atom. The average molecular weight is 440 g/mol. The van der Waals surface area contributed by atoms with Crippen molar-refractivity contribution in [1.29, 1.82) is 0 Å². The van der Waals surface area contributed by atoms with Crippen LogP contribution in [0, 0.1) is 5.82 Å². The maximum atomic E-state index is 12.9. The van der Waals surface area contributed by atoms with Gasteiger partial charge in [-0.15, -0.1) is 11.8 Å². The number of thioether (sulfide) groups is 1. The van der Waals surface area contributed by atoms with Crippen LogP contribution in [0.1, 0.15) is 13.8 Å². The number of amides is 2. The van der Waals surface area contributed by atoms with Crippen molar-refractivity contribution in [2.75, 3.05) is 16.4 Å². The van der Waals surface area contributed by atoms with Gasteiger partial charge in [0.15, 0.2) is 6.10 Å². The standard InChI is InChI=1S/C19H19ClFN3O4S/c1-11(18(26)24-16-8-3-13(20)9-22-16)28-19(27)12(2)29-10-17(25)23-15-6-4-14(21)5-7-15/h3-9,11-12H,10H2,1-2H3,(H,23,25)(H,22,24,26). The van der Waals surface area contributed by atoms with Gasteiger partial charge in [-0.05, 0) is 50.2 Å². The number of ether oxygens (including phenoxy) is 1. The molecule has 2 atom stereocenters. The molecular weight excluding hydrogens is 421 g/mol. The first-order valence-electron chi connectivity index (χ1n) is 8.54. The van der Waals surface area contributed by atoms with Crippen LogP contribution in [0.25, 0.3) is 0 Å². The molecule has 0 spiro atoms. The fraction of sp³-hybridized carbons (Fsp3) is 0.263. The Morgan fingerprint density at radius 3 is 2.45 bits per heavy atom. The van der Waals surface area contributed by atoms with Gasteiger partial charge >= 0.3 is 5.97 Å². The molecule has 10 heteroatoms. The minimum absolute atomic E-state index is 0.0110. The maximum absolute atomic E-state index is 12.9. The molecule has 1 heterocycles. The molecule has 0 saturated carbocycles. The predicted molar refractivity (Wildman–Crippen MR) is 110 cm³/mol. The Kier molecular flexibility index (Phi) is 8.41. The Morgan fingerprint density at radius 1 is 1.14 bits per heavy atom. The molecule has 2 unspecified atom stereocenters. The van der Waals surface area contributed by atoms with Crippen molar-refractivity contribution in [1.82, 2.24) is 4.98 Å². The van der Waals surface area contributed by atoms with Crippen molar-refractivity contribution in [3.63, 3.8) is 0 Å². The van der Waals surface area contributed by atoms with E-state index in [4.69, 9.17) is 16.3 Å². The van der Waals surface area contributed by atoms with Gasteiger partial charge in [0.1, 0.15) is 16.9 Å². The molecule has 0 radical (unpaired) electrons.